The third kappa shape index (κ3) is 5.34. The third-order valence-corrected chi connectivity index (χ3v) is 15.9. The van der Waals surface area contributed by atoms with E-state index in [9.17, 15) is 33.7 Å². The molecule has 4 aromatic rings. The average molecular weight is 673 g/mol. The second kappa shape index (κ2) is 11.4. The Kier molecular flexibility index (Phi) is 8.05. The summed E-state index contributed by atoms with van der Waals surface area (Å²) in [6, 6.07) is 24.1. The van der Waals surface area contributed by atoms with Crippen molar-refractivity contribution in [3.8, 4) is 11.5 Å². The Morgan fingerprint density at radius 2 is 0.659 bits per heavy atom. The zero-order valence-electron chi connectivity index (χ0n) is 23.1. The van der Waals surface area contributed by atoms with Crippen molar-refractivity contribution in [2.75, 3.05) is 14.2 Å². The molecule has 2 aliphatic rings. The number of benzene rings is 4. The van der Waals surface area contributed by atoms with E-state index in [2.05, 4.69) is 0 Å². The van der Waals surface area contributed by atoms with Gasteiger partial charge in [0.25, 0.3) is 0 Å². The van der Waals surface area contributed by atoms with Gasteiger partial charge in [0.2, 0.25) is 39.3 Å². The van der Waals surface area contributed by atoms with Gasteiger partial charge in [-0.25, -0.2) is 33.7 Å². The van der Waals surface area contributed by atoms with E-state index in [1.165, 1.54) is 74.9 Å². The van der Waals surface area contributed by atoms with Crippen molar-refractivity contribution in [2.45, 2.75) is 19.6 Å². The van der Waals surface area contributed by atoms with Crippen LogP contribution in [0.4, 0.5) is 0 Å². The van der Waals surface area contributed by atoms with E-state index in [0.717, 1.165) is 0 Å². The Hall–Kier alpha value is -4.24. The van der Waals surface area contributed by atoms with Crippen LogP contribution in [0.5, 0.6) is 11.5 Å². The molecular weight excluding hydrogens is 649 g/mol. The lowest BCUT2D eigenvalue weighted by Crippen LogP contribution is -2.03. The molecule has 0 spiro atoms. The largest absolute Gasteiger partial charge is 0.497 e. The van der Waals surface area contributed by atoms with Crippen LogP contribution in [-0.2, 0) is 39.3 Å². The summed E-state index contributed by atoms with van der Waals surface area (Å²) >= 11 is 0. The molecule has 0 saturated heterocycles. The second-order valence-electron chi connectivity index (χ2n) is 9.38. The van der Waals surface area contributed by atoms with Crippen LogP contribution in [0.1, 0.15) is 11.1 Å². The molecule has 0 aliphatic carbocycles. The molecule has 0 N–H and O–H groups in total. The van der Waals surface area contributed by atoms with Crippen molar-refractivity contribution in [2.24, 2.45) is 0 Å². The monoisotopic (exact) mass is 672 g/mol. The Bertz CT molecular complexity index is 1990. The Labute approximate surface area is 255 Å². The first-order valence-electron chi connectivity index (χ1n) is 12.6. The summed E-state index contributed by atoms with van der Waals surface area (Å²) < 4.78 is 108. The van der Waals surface area contributed by atoms with E-state index >= 15 is 0 Å². The lowest BCUT2D eigenvalue weighted by molar-refractivity contribution is 0.414. The quantitative estimate of drug-likeness (QED) is 0.302. The normalized spacial score (nSPS) is 17.8. The first-order chi connectivity index (χ1) is 20.7. The molecule has 44 heavy (non-hydrogen) atoms. The molecule has 228 valence electrons. The molecule has 0 atom stereocenters. The maximum Gasteiger partial charge on any atom is 0.219 e. The van der Waals surface area contributed by atoms with Gasteiger partial charge >= 0.3 is 0 Å². The van der Waals surface area contributed by atoms with Crippen LogP contribution in [0.3, 0.4) is 0 Å². The number of ether oxygens (including phenoxy) is 2. The predicted molar refractivity (Wildman–Crippen MR) is 164 cm³/mol. The molecule has 2 heterocycles. The van der Waals surface area contributed by atoms with Crippen molar-refractivity contribution in [1.29, 1.82) is 0 Å². The summed E-state index contributed by atoms with van der Waals surface area (Å²) in [7, 11) is -13.1. The van der Waals surface area contributed by atoms with E-state index < -0.39 is 47.8 Å². The van der Waals surface area contributed by atoms with E-state index in [-0.39, 0.29) is 19.6 Å². The van der Waals surface area contributed by atoms with E-state index in [1.807, 2.05) is 0 Å². The first kappa shape index (κ1) is 31.2. The van der Waals surface area contributed by atoms with Gasteiger partial charge in [-0.1, -0.05) is 48.5 Å². The second-order valence-corrected chi connectivity index (χ2v) is 17.4. The van der Waals surface area contributed by atoms with E-state index in [1.54, 1.807) is 48.5 Å². The molecule has 0 bridgehead atoms. The molecule has 0 fully saturated rings. The molecular formula is C30H24O10S4. The van der Waals surface area contributed by atoms with Crippen molar-refractivity contribution in [3.05, 3.63) is 117 Å². The fourth-order valence-corrected chi connectivity index (χ4v) is 13.6. The summed E-state index contributed by atoms with van der Waals surface area (Å²) in [5.41, 5.74) is 0.937. The van der Waals surface area contributed by atoms with Crippen LogP contribution in [-0.4, -0.2) is 47.9 Å². The topological polar surface area (TPSA) is 155 Å². The van der Waals surface area contributed by atoms with Gasteiger partial charge in [0.15, 0.2) is 8.47 Å². The lowest BCUT2D eigenvalue weighted by Gasteiger charge is -2.01. The average Bonchev–Trinajstić information content (AvgIpc) is 3.27. The van der Waals surface area contributed by atoms with Crippen LogP contribution in [0.2, 0.25) is 0 Å². The fourth-order valence-electron chi connectivity index (χ4n) is 4.49. The lowest BCUT2D eigenvalue weighted by atomic mass is 10.2. The van der Waals surface area contributed by atoms with Gasteiger partial charge in [-0.2, -0.15) is 0 Å². The first-order valence-corrected chi connectivity index (χ1v) is 18.6. The van der Waals surface area contributed by atoms with Gasteiger partial charge in [0.05, 0.1) is 33.8 Å². The molecule has 0 aromatic heterocycles. The van der Waals surface area contributed by atoms with E-state index in [0.29, 0.717) is 22.6 Å². The van der Waals surface area contributed by atoms with Crippen LogP contribution in [0.15, 0.2) is 125 Å². The number of fused-ring (bicyclic) bond motifs is 2. The highest BCUT2D eigenvalue weighted by molar-refractivity contribution is 8.17. The molecule has 0 unspecified atom stereocenters. The number of methoxy groups -OCH3 is 2. The highest BCUT2D eigenvalue weighted by Crippen LogP contribution is 2.42. The summed E-state index contributed by atoms with van der Waals surface area (Å²) in [6.45, 7) is 0. The standard InChI is InChI=1S/2C15H12O5S2/c2*1-20-12-8-6-11(7-9-12)10-15-21(16,17)13-4-2-3-5-14(13)22(15,18)19/h2*2-10H,1H3. The van der Waals surface area contributed by atoms with Crippen LogP contribution >= 0.6 is 0 Å². The van der Waals surface area contributed by atoms with Crippen molar-refractivity contribution in [3.63, 3.8) is 0 Å². The zero-order chi connectivity index (χ0) is 31.9. The zero-order valence-corrected chi connectivity index (χ0v) is 26.4. The van der Waals surface area contributed by atoms with Crippen molar-refractivity contribution >= 4 is 51.5 Å². The van der Waals surface area contributed by atoms with Crippen LogP contribution in [0.25, 0.3) is 12.2 Å². The summed E-state index contributed by atoms with van der Waals surface area (Å²) in [6.07, 6.45) is 2.34. The minimum atomic E-state index is -4.03. The number of hydrogen-bond donors (Lipinski definition) is 0. The minimum Gasteiger partial charge on any atom is -0.497 e. The molecule has 0 amide bonds. The Morgan fingerprint density at radius 3 is 0.886 bits per heavy atom. The molecule has 2 aliphatic heterocycles. The smallest absolute Gasteiger partial charge is 0.219 e. The maximum atomic E-state index is 12.5. The molecule has 4 aromatic carbocycles. The fraction of sp³-hybridized carbons (Fsp3) is 0.0667. The summed E-state index contributed by atoms with van der Waals surface area (Å²) in [5.74, 6) is 1.20. The molecule has 6 rings (SSSR count). The Morgan fingerprint density at radius 1 is 0.409 bits per heavy atom. The van der Waals surface area contributed by atoms with Crippen LogP contribution < -0.4 is 9.47 Å². The van der Waals surface area contributed by atoms with Gasteiger partial charge in [-0.05, 0) is 71.8 Å². The third-order valence-electron chi connectivity index (χ3n) is 6.72. The predicted octanol–water partition coefficient (Wildman–Crippen LogP) is 4.51. The molecule has 10 nitrogen and oxygen atoms in total. The van der Waals surface area contributed by atoms with E-state index in [4.69, 9.17) is 9.47 Å². The van der Waals surface area contributed by atoms with Crippen molar-refractivity contribution < 1.29 is 43.1 Å². The van der Waals surface area contributed by atoms with Gasteiger partial charge in [-0.3, -0.25) is 0 Å². The number of hydrogen-bond acceptors (Lipinski definition) is 10. The van der Waals surface area contributed by atoms with Gasteiger partial charge in [0.1, 0.15) is 11.5 Å². The van der Waals surface area contributed by atoms with Gasteiger partial charge in [-0.15, -0.1) is 0 Å². The SMILES string of the molecule is COc1ccc(C=C2S(=O)(=O)c3ccccc3S2(=O)=O)cc1.COc1ccc(C=C2S(=O)(=O)c3ccccc3S2(=O)=O)cc1. The number of rotatable bonds is 4. The highest BCUT2D eigenvalue weighted by Gasteiger charge is 2.45. The summed E-state index contributed by atoms with van der Waals surface area (Å²) in [5, 5.41) is 0. The Balaban J connectivity index is 0.000000175. The summed E-state index contributed by atoms with van der Waals surface area (Å²) in [4.78, 5) is -0.686. The van der Waals surface area contributed by atoms with Crippen LogP contribution in [0, 0.1) is 0 Å². The molecule has 14 heteroatoms. The van der Waals surface area contributed by atoms with Gasteiger partial charge in [0, 0.05) is 0 Å². The molecule has 0 radical (unpaired) electrons. The van der Waals surface area contributed by atoms with Crippen molar-refractivity contribution in [1.82, 2.24) is 0 Å². The highest BCUT2D eigenvalue weighted by atomic mass is 32.3. The minimum absolute atomic E-state index is 0.172. The van der Waals surface area contributed by atoms with Gasteiger partial charge < -0.3 is 9.47 Å². The maximum absolute atomic E-state index is 12.5. The molecule has 0 saturated carbocycles. The number of sulfone groups is 4.